The second-order valence-electron chi connectivity index (χ2n) is 4.99. The first-order chi connectivity index (χ1) is 9.33. The Kier molecular flexibility index (Phi) is 3.98. The van der Waals surface area contributed by atoms with Crippen molar-refractivity contribution < 1.29 is 8.42 Å². The molecule has 1 unspecified atom stereocenters. The summed E-state index contributed by atoms with van der Waals surface area (Å²) in [5.41, 5.74) is 6.22. The lowest BCUT2D eigenvalue weighted by Crippen LogP contribution is -2.43. The maximum absolute atomic E-state index is 12.3. The molecule has 110 valence electrons. The highest BCUT2D eigenvalue weighted by atomic mass is 32.2. The Bertz CT molecular complexity index is 760. The first-order valence-corrected chi connectivity index (χ1v) is 7.76. The number of nitrogens with one attached hydrogen (secondary N) is 3. The standard InChI is InChI=1S/C12H18N4O3S/c1-7(2)11(6-13)16-20(18,19)8-3-4-9-10(5-8)15-12(17)14-9/h3-5,7,11,16H,6,13H2,1-2H3,(H2,14,15,17). The van der Waals surface area contributed by atoms with Gasteiger partial charge in [0.1, 0.15) is 0 Å². The van der Waals surface area contributed by atoms with Crippen LogP contribution in [0.5, 0.6) is 0 Å². The maximum Gasteiger partial charge on any atom is 0.323 e. The number of aromatic amines is 2. The van der Waals surface area contributed by atoms with Gasteiger partial charge in [-0.2, -0.15) is 0 Å². The van der Waals surface area contributed by atoms with Crippen LogP contribution >= 0.6 is 0 Å². The summed E-state index contributed by atoms with van der Waals surface area (Å²) in [6.45, 7) is 4.01. The van der Waals surface area contributed by atoms with Gasteiger partial charge in [-0.15, -0.1) is 0 Å². The van der Waals surface area contributed by atoms with E-state index in [0.717, 1.165) is 0 Å². The normalized spacial score (nSPS) is 14.0. The number of nitrogens with two attached hydrogens (primary N) is 1. The summed E-state index contributed by atoms with van der Waals surface area (Å²) in [4.78, 5) is 16.4. The van der Waals surface area contributed by atoms with Crippen LogP contribution in [-0.4, -0.2) is 31.0 Å². The molecule has 20 heavy (non-hydrogen) atoms. The van der Waals surface area contributed by atoms with Crippen molar-refractivity contribution in [2.45, 2.75) is 24.8 Å². The predicted molar refractivity (Wildman–Crippen MR) is 76.9 cm³/mol. The van der Waals surface area contributed by atoms with Gasteiger partial charge in [-0.25, -0.2) is 17.9 Å². The summed E-state index contributed by atoms with van der Waals surface area (Å²) in [5.74, 6) is 0.0885. The molecule has 8 heteroatoms. The van der Waals surface area contributed by atoms with E-state index in [1.54, 1.807) is 6.07 Å². The Morgan fingerprint density at radius 2 is 1.90 bits per heavy atom. The summed E-state index contributed by atoms with van der Waals surface area (Å²) < 4.78 is 27.2. The van der Waals surface area contributed by atoms with Crippen LogP contribution in [0, 0.1) is 5.92 Å². The van der Waals surface area contributed by atoms with Crippen LogP contribution in [0.15, 0.2) is 27.9 Å². The fourth-order valence-corrected chi connectivity index (χ4v) is 3.33. The van der Waals surface area contributed by atoms with Gasteiger partial charge in [-0.3, -0.25) is 0 Å². The fraction of sp³-hybridized carbons (Fsp3) is 0.417. The molecule has 0 fully saturated rings. The lowest BCUT2D eigenvalue weighted by Gasteiger charge is -2.20. The van der Waals surface area contributed by atoms with Crippen molar-refractivity contribution in [3.8, 4) is 0 Å². The van der Waals surface area contributed by atoms with Gasteiger partial charge in [0.2, 0.25) is 10.0 Å². The molecule has 1 aromatic heterocycles. The molecule has 0 radical (unpaired) electrons. The predicted octanol–water partition coefficient (Wildman–Crippen LogP) is 0.118. The minimum atomic E-state index is -3.66. The number of hydrogen-bond donors (Lipinski definition) is 4. The van der Waals surface area contributed by atoms with E-state index in [-0.39, 0.29) is 29.1 Å². The van der Waals surface area contributed by atoms with Crippen molar-refractivity contribution in [2.24, 2.45) is 11.7 Å². The van der Waals surface area contributed by atoms with Gasteiger partial charge >= 0.3 is 5.69 Å². The van der Waals surface area contributed by atoms with E-state index in [2.05, 4.69) is 14.7 Å². The van der Waals surface area contributed by atoms with E-state index in [0.29, 0.717) is 11.0 Å². The quantitative estimate of drug-likeness (QED) is 0.626. The SMILES string of the molecule is CC(C)C(CN)NS(=O)(=O)c1ccc2[nH]c(=O)[nH]c2c1. The van der Waals surface area contributed by atoms with Crippen molar-refractivity contribution in [1.82, 2.24) is 14.7 Å². The summed E-state index contributed by atoms with van der Waals surface area (Å²) in [7, 11) is -3.66. The van der Waals surface area contributed by atoms with Crippen LogP contribution in [0.2, 0.25) is 0 Å². The molecule has 0 aliphatic rings. The van der Waals surface area contributed by atoms with Crippen molar-refractivity contribution in [2.75, 3.05) is 6.54 Å². The zero-order valence-corrected chi connectivity index (χ0v) is 12.1. The summed E-state index contributed by atoms with van der Waals surface area (Å²) >= 11 is 0. The van der Waals surface area contributed by atoms with E-state index < -0.39 is 10.0 Å². The smallest absolute Gasteiger partial charge is 0.323 e. The number of hydrogen-bond acceptors (Lipinski definition) is 4. The van der Waals surface area contributed by atoms with E-state index in [4.69, 9.17) is 5.73 Å². The van der Waals surface area contributed by atoms with Gasteiger partial charge in [0, 0.05) is 12.6 Å². The fourth-order valence-electron chi connectivity index (χ4n) is 1.90. The molecule has 0 spiro atoms. The van der Waals surface area contributed by atoms with Crippen LogP contribution in [0.1, 0.15) is 13.8 Å². The zero-order chi connectivity index (χ0) is 14.9. The number of rotatable bonds is 5. The largest absolute Gasteiger partial charge is 0.329 e. The Balaban J connectivity index is 2.38. The number of fused-ring (bicyclic) bond motifs is 1. The Morgan fingerprint density at radius 1 is 1.25 bits per heavy atom. The summed E-state index contributed by atoms with van der Waals surface area (Å²) in [6.07, 6.45) is 0. The topological polar surface area (TPSA) is 121 Å². The molecule has 0 amide bonds. The van der Waals surface area contributed by atoms with E-state index in [1.807, 2.05) is 13.8 Å². The van der Waals surface area contributed by atoms with Crippen molar-refractivity contribution >= 4 is 21.1 Å². The Morgan fingerprint density at radius 3 is 2.50 bits per heavy atom. The zero-order valence-electron chi connectivity index (χ0n) is 11.3. The van der Waals surface area contributed by atoms with Crippen LogP contribution < -0.4 is 16.1 Å². The van der Waals surface area contributed by atoms with Crippen molar-refractivity contribution in [3.63, 3.8) is 0 Å². The third-order valence-corrected chi connectivity index (χ3v) is 4.65. The number of benzene rings is 1. The highest BCUT2D eigenvalue weighted by molar-refractivity contribution is 7.89. The molecule has 0 bridgehead atoms. The van der Waals surface area contributed by atoms with E-state index in [9.17, 15) is 13.2 Å². The minimum absolute atomic E-state index is 0.0885. The molecule has 0 saturated carbocycles. The molecule has 0 aliphatic heterocycles. The second kappa shape index (κ2) is 5.39. The lowest BCUT2D eigenvalue weighted by molar-refractivity contribution is 0.455. The van der Waals surface area contributed by atoms with Crippen LogP contribution in [0.25, 0.3) is 11.0 Å². The Labute approximate surface area is 116 Å². The van der Waals surface area contributed by atoms with Crippen LogP contribution in [0.4, 0.5) is 0 Å². The molecular weight excluding hydrogens is 280 g/mol. The molecule has 2 aromatic rings. The molecule has 2 rings (SSSR count). The summed E-state index contributed by atoms with van der Waals surface area (Å²) in [5, 5.41) is 0. The number of aromatic nitrogens is 2. The monoisotopic (exact) mass is 298 g/mol. The number of H-pyrrole nitrogens is 2. The molecular formula is C12H18N4O3S. The lowest BCUT2D eigenvalue weighted by atomic mass is 10.1. The van der Waals surface area contributed by atoms with Gasteiger partial charge in [-0.1, -0.05) is 13.8 Å². The third-order valence-electron chi connectivity index (χ3n) is 3.16. The Hall–Kier alpha value is -1.64. The molecule has 0 saturated heterocycles. The van der Waals surface area contributed by atoms with Gasteiger partial charge in [-0.05, 0) is 24.1 Å². The molecule has 0 aliphatic carbocycles. The average molecular weight is 298 g/mol. The van der Waals surface area contributed by atoms with Crippen LogP contribution in [0.3, 0.4) is 0 Å². The minimum Gasteiger partial charge on any atom is -0.329 e. The number of sulfonamides is 1. The molecule has 1 aromatic carbocycles. The van der Waals surface area contributed by atoms with Crippen molar-refractivity contribution in [3.05, 3.63) is 28.7 Å². The first kappa shape index (κ1) is 14.8. The molecule has 7 nitrogen and oxygen atoms in total. The van der Waals surface area contributed by atoms with Gasteiger partial charge in [0.05, 0.1) is 15.9 Å². The second-order valence-corrected chi connectivity index (χ2v) is 6.71. The molecule has 5 N–H and O–H groups in total. The van der Waals surface area contributed by atoms with Gasteiger partial charge in [0.15, 0.2) is 0 Å². The van der Waals surface area contributed by atoms with E-state index in [1.165, 1.54) is 12.1 Å². The first-order valence-electron chi connectivity index (χ1n) is 6.28. The highest BCUT2D eigenvalue weighted by Gasteiger charge is 2.21. The molecule has 1 atom stereocenters. The summed E-state index contributed by atoms with van der Waals surface area (Å²) in [6, 6.07) is 4.08. The third kappa shape index (κ3) is 2.92. The van der Waals surface area contributed by atoms with Gasteiger partial charge in [0.25, 0.3) is 0 Å². The van der Waals surface area contributed by atoms with Gasteiger partial charge < -0.3 is 15.7 Å². The highest BCUT2D eigenvalue weighted by Crippen LogP contribution is 2.16. The molecule has 1 heterocycles. The average Bonchev–Trinajstić information content (AvgIpc) is 2.74. The van der Waals surface area contributed by atoms with Crippen LogP contribution in [-0.2, 0) is 10.0 Å². The van der Waals surface area contributed by atoms with Crippen molar-refractivity contribution in [1.29, 1.82) is 0 Å². The van der Waals surface area contributed by atoms with E-state index >= 15 is 0 Å². The number of imidazole rings is 1. The maximum atomic E-state index is 12.3.